The van der Waals surface area contributed by atoms with Crippen LogP contribution in [0, 0.1) is 0 Å². The summed E-state index contributed by atoms with van der Waals surface area (Å²) in [5, 5.41) is 5.36. The van der Waals surface area contributed by atoms with E-state index in [-0.39, 0.29) is 0 Å². The standard InChI is InChI=1S/C16H24N2O5/c1-16(2,3)23-15(20)18-13(14(19)22-5)17-10-11-6-8-12(21-4)9-7-11/h6-9,13,17H,10H2,1-5H3,(H,18,20). The van der Waals surface area contributed by atoms with E-state index < -0.39 is 23.8 Å². The van der Waals surface area contributed by atoms with Crippen LogP contribution in [-0.2, 0) is 20.8 Å². The van der Waals surface area contributed by atoms with Crippen LogP contribution in [0.2, 0.25) is 0 Å². The van der Waals surface area contributed by atoms with E-state index in [2.05, 4.69) is 15.4 Å². The van der Waals surface area contributed by atoms with Crippen molar-refractivity contribution >= 4 is 12.1 Å². The van der Waals surface area contributed by atoms with E-state index in [0.717, 1.165) is 11.3 Å². The van der Waals surface area contributed by atoms with Gasteiger partial charge in [-0.2, -0.15) is 0 Å². The van der Waals surface area contributed by atoms with Crippen LogP contribution in [0.5, 0.6) is 5.75 Å². The number of rotatable bonds is 6. The predicted octanol–water partition coefficient (Wildman–Crippen LogP) is 1.81. The van der Waals surface area contributed by atoms with Gasteiger partial charge in [0.15, 0.2) is 6.17 Å². The number of carbonyl (C=O) groups excluding carboxylic acids is 2. The van der Waals surface area contributed by atoms with Gasteiger partial charge in [-0.3, -0.25) is 10.6 Å². The Bertz CT molecular complexity index is 522. The van der Waals surface area contributed by atoms with Crippen LogP contribution < -0.4 is 15.4 Å². The molecule has 0 heterocycles. The summed E-state index contributed by atoms with van der Waals surface area (Å²) in [4.78, 5) is 23.5. The minimum atomic E-state index is -1.00. The van der Waals surface area contributed by atoms with Crippen molar-refractivity contribution in [3.05, 3.63) is 29.8 Å². The molecule has 0 aromatic heterocycles. The lowest BCUT2D eigenvalue weighted by Gasteiger charge is -2.23. The molecule has 7 nitrogen and oxygen atoms in total. The highest BCUT2D eigenvalue weighted by Gasteiger charge is 2.24. The third kappa shape index (κ3) is 7.01. The molecule has 0 aliphatic heterocycles. The number of ether oxygens (including phenoxy) is 3. The summed E-state index contributed by atoms with van der Waals surface area (Å²) in [6.45, 7) is 5.58. The van der Waals surface area contributed by atoms with Crippen LogP contribution in [-0.4, -0.2) is 38.0 Å². The molecule has 0 radical (unpaired) electrons. The van der Waals surface area contributed by atoms with E-state index in [1.54, 1.807) is 27.9 Å². The summed E-state index contributed by atoms with van der Waals surface area (Å²) < 4.78 is 14.9. The third-order valence-electron chi connectivity index (χ3n) is 2.77. The first-order valence-electron chi connectivity index (χ1n) is 7.19. The summed E-state index contributed by atoms with van der Waals surface area (Å²) >= 11 is 0. The molecule has 1 aromatic carbocycles. The molecule has 0 saturated carbocycles. The number of hydrogen-bond acceptors (Lipinski definition) is 6. The normalized spacial score (nSPS) is 12.2. The minimum Gasteiger partial charge on any atom is -0.497 e. The van der Waals surface area contributed by atoms with Crippen molar-refractivity contribution < 1.29 is 23.8 Å². The molecule has 1 rings (SSSR count). The number of nitrogens with one attached hydrogen (secondary N) is 2. The van der Waals surface area contributed by atoms with Crippen molar-refractivity contribution in [3.8, 4) is 5.75 Å². The van der Waals surface area contributed by atoms with E-state index in [1.165, 1.54) is 7.11 Å². The average molecular weight is 324 g/mol. The smallest absolute Gasteiger partial charge is 0.409 e. The van der Waals surface area contributed by atoms with Crippen molar-refractivity contribution in [2.24, 2.45) is 0 Å². The Morgan fingerprint density at radius 3 is 2.22 bits per heavy atom. The van der Waals surface area contributed by atoms with Gasteiger partial charge in [0.2, 0.25) is 0 Å². The van der Waals surface area contributed by atoms with Crippen LogP contribution in [0.25, 0.3) is 0 Å². The first-order valence-corrected chi connectivity index (χ1v) is 7.19. The molecule has 1 unspecified atom stereocenters. The largest absolute Gasteiger partial charge is 0.497 e. The van der Waals surface area contributed by atoms with E-state index in [0.29, 0.717) is 6.54 Å². The molecule has 0 fully saturated rings. The maximum atomic E-state index is 11.8. The summed E-state index contributed by atoms with van der Waals surface area (Å²) in [7, 11) is 2.84. The Morgan fingerprint density at radius 2 is 1.74 bits per heavy atom. The lowest BCUT2D eigenvalue weighted by molar-refractivity contribution is -0.144. The van der Waals surface area contributed by atoms with E-state index in [1.807, 2.05) is 24.3 Å². The average Bonchev–Trinajstić information content (AvgIpc) is 2.49. The summed E-state index contributed by atoms with van der Waals surface area (Å²) in [6, 6.07) is 7.33. The molecule has 128 valence electrons. The van der Waals surface area contributed by atoms with Crippen LogP contribution in [0.1, 0.15) is 26.3 Å². The number of hydrogen-bond donors (Lipinski definition) is 2. The number of carbonyl (C=O) groups is 2. The molecular formula is C16H24N2O5. The Hall–Kier alpha value is -2.28. The fourth-order valence-corrected chi connectivity index (χ4v) is 1.70. The number of methoxy groups -OCH3 is 2. The van der Waals surface area contributed by atoms with E-state index in [9.17, 15) is 9.59 Å². The molecule has 7 heteroatoms. The Labute approximate surface area is 136 Å². The van der Waals surface area contributed by atoms with Gasteiger partial charge >= 0.3 is 12.1 Å². The van der Waals surface area contributed by atoms with Gasteiger partial charge < -0.3 is 14.2 Å². The molecule has 23 heavy (non-hydrogen) atoms. The van der Waals surface area contributed by atoms with Gasteiger partial charge in [-0.1, -0.05) is 12.1 Å². The van der Waals surface area contributed by atoms with Crippen LogP contribution in [0.15, 0.2) is 24.3 Å². The van der Waals surface area contributed by atoms with Crippen molar-refractivity contribution in [2.75, 3.05) is 14.2 Å². The molecule has 0 aliphatic rings. The van der Waals surface area contributed by atoms with Gasteiger partial charge in [-0.15, -0.1) is 0 Å². The van der Waals surface area contributed by atoms with E-state index in [4.69, 9.17) is 9.47 Å². The van der Waals surface area contributed by atoms with Gasteiger partial charge in [0.25, 0.3) is 0 Å². The van der Waals surface area contributed by atoms with Crippen LogP contribution in [0.4, 0.5) is 4.79 Å². The van der Waals surface area contributed by atoms with Gasteiger partial charge in [-0.25, -0.2) is 9.59 Å². The highest BCUT2D eigenvalue weighted by atomic mass is 16.6. The Balaban J connectivity index is 2.63. The second kappa shape index (κ2) is 8.38. The fraction of sp³-hybridized carbons (Fsp3) is 0.500. The molecule has 0 bridgehead atoms. The summed E-state index contributed by atoms with van der Waals surface area (Å²) in [6.07, 6.45) is -1.70. The first kappa shape index (κ1) is 18.8. The summed E-state index contributed by atoms with van der Waals surface area (Å²) in [5.41, 5.74) is 0.270. The van der Waals surface area contributed by atoms with Crippen molar-refractivity contribution in [1.29, 1.82) is 0 Å². The number of amides is 1. The molecule has 0 spiro atoms. The maximum absolute atomic E-state index is 11.8. The monoisotopic (exact) mass is 324 g/mol. The fourth-order valence-electron chi connectivity index (χ4n) is 1.70. The number of benzene rings is 1. The second-order valence-corrected chi connectivity index (χ2v) is 5.83. The van der Waals surface area contributed by atoms with Crippen molar-refractivity contribution in [3.63, 3.8) is 0 Å². The lowest BCUT2D eigenvalue weighted by Crippen LogP contribution is -2.52. The highest BCUT2D eigenvalue weighted by Crippen LogP contribution is 2.11. The second-order valence-electron chi connectivity index (χ2n) is 5.83. The van der Waals surface area contributed by atoms with E-state index >= 15 is 0 Å². The van der Waals surface area contributed by atoms with Gasteiger partial charge in [0.1, 0.15) is 11.4 Å². The Kier molecular flexibility index (Phi) is 6.84. The first-order chi connectivity index (χ1) is 10.7. The maximum Gasteiger partial charge on any atom is 0.409 e. The minimum absolute atomic E-state index is 0.361. The van der Waals surface area contributed by atoms with Crippen molar-refractivity contribution in [2.45, 2.75) is 39.1 Å². The zero-order chi connectivity index (χ0) is 17.5. The summed E-state index contributed by atoms with van der Waals surface area (Å²) in [5.74, 6) is 0.134. The van der Waals surface area contributed by atoms with Crippen LogP contribution >= 0.6 is 0 Å². The highest BCUT2D eigenvalue weighted by molar-refractivity contribution is 5.80. The molecular weight excluding hydrogens is 300 g/mol. The topological polar surface area (TPSA) is 85.9 Å². The zero-order valence-electron chi connectivity index (χ0n) is 14.1. The quantitative estimate of drug-likeness (QED) is 0.613. The van der Waals surface area contributed by atoms with Gasteiger partial charge in [-0.05, 0) is 38.5 Å². The van der Waals surface area contributed by atoms with Crippen LogP contribution in [0.3, 0.4) is 0 Å². The Morgan fingerprint density at radius 1 is 1.13 bits per heavy atom. The SMILES string of the molecule is COC(=O)C(NCc1ccc(OC)cc1)NC(=O)OC(C)(C)C. The van der Waals surface area contributed by atoms with Crippen molar-refractivity contribution in [1.82, 2.24) is 10.6 Å². The number of esters is 1. The third-order valence-corrected chi connectivity index (χ3v) is 2.77. The lowest BCUT2D eigenvalue weighted by atomic mass is 10.2. The molecule has 1 aromatic rings. The molecule has 1 atom stereocenters. The number of alkyl carbamates (subject to hydrolysis) is 1. The molecule has 0 aliphatic carbocycles. The molecule has 2 N–H and O–H groups in total. The molecule has 0 saturated heterocycles. The molecule has 1 amide bonds. The van der Waals surface area contributed by atoms with Gasteiger partial charge in [0, 0.05) is 6.54 Å². The zero-order valence-corrected chi connectivity index (χ0v) is 14.1. The predicted molar refractivity (Wildman–Crippen MR) is 85.0 cm³/mol. The van der Waals surface area contributed by atoms with Gasteiger partial charge in [0.05, 0.1) is 14.2 Å².